The van der Waals surface area contributed by atoms with Crippen LogP contribution in [0.3, 0.4) is 0 Å². The van der Waals surface area contributed by atoms with Crippen LogP contribution in [-0.4, -0.2) is 35.8 Å². The summed E-state index contributed by atoms with van der Waals surface area (Å²) in [5, 5.41) is 0. The maximum absolute atomic E-state index is 14.0. The van der Waals surface area contributed by atoms with E-state index in [9.17, 15) is 30.4 Å². The van der Waals surface area contributed by atoms with E-state index in [1.165, 1.54) is 0 Å². The van der Waals surface area contributed by atoms with E-state index in [4.69, 9.17) is 0 Å². The number of piperidine rings is 1. The smallest absolute Gasteiger partial charge is 0.338 e. The third-order valence-corrected chi connectivity index (χ3v) is 6.86. The lowest BCUT2D eigenvalue weighted by Gasteiger charge is -2.30. The zero-order valence-corrected chi connectivity index (χ0v) is 15.9. The highest BCUT2D eigenvalue weighted by molar-refractivity contribution is 9.10. The van der Waals surface area contributed by atoms with Gasteiger partial charge in [-0.15, -0.1) is 0 Å². The number of rotatable bonds is 3. The van der Waals surface area contributed by atoms with Gasteiger partial charge in [0, 0.05) is 19.0 Å². The highest BCUT2D eigenvalue weighted by atomic mass is 79.9. The number of sulfonamides is 1. The first-order valence-electron chi connectivity index (χ1n) is 7.77. The molecule has 1 N–H and O–H groups in total. The first-order chi connectivity index (χ1) is 12.5. The molecule has 148 valence electrons. The summed E-state index contributed by atoms with van der Waals surface area (Å²) in [6.45, 7) is -0.0989. The topological polar surface area (TPSA) is 66.1 Å². The lowest BCUT2D eigenvalue weighted by atomic mass is 9.97. The molecular formula is C15H13BrF5N3O2S. The molecule has 1 saturated heterocycles. The number of imidazole rings is 1. The van der Waals surface area contributed by atoms with E-state index < -0.39 is 38.4 Å². The van der Waals surface area contributed by atoms with Gasteiger partial charge in [-0.1, -0.05) is 0 Å². The van der Waals surface area contributed by atoms with E-state index in [1.807, 2.05) is 0 Å². The second kappa shape index (κ2) is 7.13. The molecule has 1 aliphatic heterocycles. The van der Waals surface area contributed by atoms with Gasteiger partial charge < -0.3 is 4.98 Å². The summed E-state index contributed by atoms with van der Waals surface area (Å²) in [6, 6.07) is 1.33. The van der Waals surface area contributed by atoms with Crippen molar-refractivity contribution in [1.82, 2.24) is 14.3 Å². The van der Waals surface area contributed by atoms with Gasteiger partial charge in [-0.05, 0) is 40.9 Å². The quantitative estimate of drug-likeness (QED) is 0.540. The Morgan fingerprint density at radius 1 is 1.15 bits per heavy atom. The number of H-pyrrole nitrogens is 1. The van der Waals surface area contributed by atoms with Gasteiger partial charge in [0.2, 0.25) is 10.0 Å². The molecule has 5 nitrogen and oxygen atoms in total. The van der Waals surface area contributed by atoms with Crippen molar-refractivity contribution in [3.05, 3.63) is 46.0 Å². The average molecular weight is 474 g/mol. The summed E-state index contributed by atoms with van der Waals surface area (Å²) >= 11 is 2.78. The van der Waals surface area contributed by atoms with Crippen LogP contribution in [0.4, 0.5) is 22.0 Å². The van der Waals surface area contributed by atoms with Crippen molar-refractivity contribution in [1.29, 1.82) is 0 Å². The SMILES string of the molecule is O=S(=O)(c1cc(F)c(Br)cc1F)N1CCC(c2ncc(C(F)(F)F)[nH]2)CC1. The van der Waals surface area contributed by atoms with Crippen molar-refractivity contribution < 1.29 is 30.4 Å². The molecule has 1 aromatic carbocycles. The highest BCUT2D eigenvalue weighted by Crippen LogP contribution is 2.33. The number of alkyl halides is 3. The molecule has 12 heteroatoms. The number of halogens is 6. The maximum atomic E-state index is 14.0. The molecule has 1 aromatic heterocycles. The van der Waals surface area contributed by atoms with E-state index in [0.29, 0.717) is 12.3 Å². The summed E-state index contributed by atoms with van der Waals surface area (Å²) in [5.74, 6) is -2.27. The Morgan fingerprint density at radius 2 is 1.78 bits per heavy atom. The Hall–Kier alpha value is -1.53. The summed E-state index contributed by atoms with van der Waals surface area (Å²) in [5.41, 5.74) is -0.972. The van der Waals surface area contributed by atoms with Crippen molar-refractivity contribution in [2.24, 2.45) is 0 Å². The number of nitrogens with zero attached hydrogens (tertiary/aromatic N) is 2. The Labute approximate surface area is 159 Å². The number of aromatic nitrogens is 2. The van der Waals surface area contributed by atoms with E-state index in [0.717, 1.165) is 10.4 Å². The zero-order chi connectivity index (χ0) is 20.0. The predicted octanol–water partition coefficient (Wildman–Crippen LogP) is 4.04. The van der Waals surface area contributed by atoms with Crippen LogP contribution in [0.25, 0.3) is 0 Å². The standard InChI is InChI=1S/C15H13BrF5N3O2S/c16-9-5-11(18)12(6-10(9)17)27(25,26)24-3-1-8(2-4-24)14-22-7-13(23-14)15(19,20)21/h5-8H,1-4H2,(H,22,23). The number of nitrogens with one attached hydrogen (secondary N) is 1. The fraction of sp³-hybridized carbons (Fsp3) is 0.400. The lowest BCUT2D eigenvalue weighted by Crippen LogP contribution is -2.38. The fourth-order valence-electron chi connectivity index (χ4n) is 2.90. The molecule has 0 atom stereocenters. The number of hydrogen-bond acceptors (Lipinski definition) is 3. The molecule has 0 radical (unpaired) electrons. The number of hydrogen-bond donors (Lipinski definition) is 1. The van der Waals surface area contributed by atoms with Crippen LogP contribution in [0.15, 0.2) is 27.7 Å². The van der Waals surface area contributed by atoms with Crippen molar-refractivity contribution in [2.75, 3.05) is 13.1 Å². The number of benzene rings is 1. The summed E-state index contributed by atoms with van der Waals surface area (Å²) in [4.78, 5) is 5.16. The monoisotopic (exact) mass is 473 g/mol. The molecule has 27 heavy (non-hydrogen) atoms. The van der Waals surface area contributed by atoms with Gasteiger partial charge in [-0.3, -0.25) is 0 Å². The first-order valence-corrected chi connectivity index (χ1v) is 10.00. The normalized spacial score (nSPS) is 17.4. The first kappa shape index (κ1) is 20.2. The third kappa shape index (κ3) is 4.02. The van der Waals surface area contributed by atoms with Gasteiger partial charge in [0.25, 0.3) is 0 Å². The van der Waals surface area contributed by atoms with Crippen molar-refractivity contribution in [3.63, 3.8) is 0 Å². The molecule has 0 bridgehead atoms. The Kier molecular flexibility index (Phi) is 5.34. The van der Waals surface area contributed by atoms with Crippen LogP contribution in [0.5, 0.6) is 0 Å². The molecule has 0 saturated carbocycles. The van der Waals surface area contributed by atoms with Crippen LogP contribution in [0.1, 0.15) is 30.3 Å². The van der Waals surface area contributed by atoms with Crippen LogP contribution >= 0.6 is 15.9 Å². The lowest BCUT2D eigenvalue weighted by molar-refractivity contribution is -0.141. The molecule has 0 amide bonds. The summed E-state index contributed by atoms with van der Waals surface area (Å²) < 4.78 is 91.5. The van der Waals surface area contributed by atoms with Gasteiger partial charge in [0.1, 0.15) is 28.0 Å². The predicted molar refractivity (Wildman–Crippen MR) is 88.4 cm³/mol. The Balaban J connectivity index is 1.75. The third-order valence-electron chi connectivity index (χ3n) is 4.33. The minimum absolute atomic E-state index is 0.0494. The molecule has 2 heterocycles. The van der Waals surface area contributed by atoms with Crippen molar-refractivity contribution in [2.45, 2.75) is 29.8 Å². The molecule has 0 aliphatic carbocycles. The second-order valence-electron chi connectivity index (χ2n) is 6.05. The summed E-state index contributed by atoms with van der Waals surface area (Å²) in [7, 11) is -4.27. The minimum Gasteiger partial charge on any atom is -0.338 e. The van der Waals surface area contributed by atoms with Crippen molar-refractivity contribution >= 4 is 26.0 Å². The molecule has 0 unspecified atom stereocenters. The summed E-state index contributed by atoms with van der Waals surface area (Å²) in [6.07, 6.45) is -3.45. The van der Waals surface area contributed by atoms with Crippen LogP contribution in [-0.2, 0) is 16.2 Å². The molecule has 1 fully saturated rings. The molecule has 3 rings (SSSR count). The highest BCUT2D eigenvalue weighted by Gasteiger charge is 2.36. The van der Waals surface area contributed by atoms with E-state index in [-0.39, 0.29) is 42.1 Å². The number of aromatic amines is 1. The Bertz CT molecular complexity index is 953. The van der Waals surface area contributed by atoms with Crippen LogP contribution in [0, 0.1) is 11.6 Å². The van der Waals surface area contributed by atoms with Gasteiger partial charge in [0.15, 0.2) is 0 Å². The fourth-order valence-corrected chi connectivity index (χ4v) is 4.74. The average Bonchev–Trinajstić information content (AvgIpc) is 3.08. The molecule has 1 aliphatic rings. The molecular weight excluding hydrogens is 461 g/mol. The van der Waals surface area contributed by atoms with Gasteiger partial charge in [-0.25, -0.2) is 22.2 Å². The van der Waals surface area contributed by atoms with Crippen molar-refractivity contribution in [3.8, 4) is 0 Å². The Morgan fingerprint density at radius 3 is 2.33 bits per heavy atom. The van der Waals surface area contributed by atoms with Gasteiger partial charge in [0.05, 0.1) is 10.7 Å². The van der Waals surface area contributed by atoms with Crippen LogP contribution in [0.2, 0.25) is 0 Å². The van der Waals surface area contributed by atoms with Gasteiger partial charge in [-0.2, -0.15) is 17.5 Å². The molecule has 0 spiro atoms. The van der Waals surface area contributed by atoms with E-state index in [1.54, 1.807) is 0 Å². The van der Waals surface area contributed by atoms with E-state index in [2.05, 4.69) is 25.9 Å². The zero-order valence-electron chi connectivity index (χ0n) is 13.5. The largest absolute Gasteiger partial charge is 0.432 e. The van der Waals surface area contributed by atoms with E-state index >= 15 is 0 Å². The minimum atomic E-state index is -4.54. The second-order valence-corrected chi connectivity index (χ2v) is 8.82. The molecule has 2 aromatic rings. The maximum Gasteiger partial charge on any atom is 0.432 e. The van der Waals surface area contributed by atoms with Gasteiger partial charge >= 0.3 is 6.18 Å². The van der Waals surface area contributed by atoms with Crippen LogP contribution < -0.4 is 0 Å².